The number of hydrogen-bond acceptors (Lipinski definition) is 6. The van der Waals surface area contributed by atoms with Gasteiger partial charge in [-0.2, -0.15) is 0 Å². The molecule has 2 rings (SSSR count). The molecule has 110 valence electrons. The second-order valence-corrected chi connectivity index (χ2v) is 7.53. The number of nitrogens with one attached hydrogen (secondary N) is 1. The molecule has 1 aromatic heterocycles. The van der Waals surface area contributed by atoms with Crippen LogP contribution < -0.4 is 5.32 Å². The second-order valence-electron chi connectivity index (χ2n) is 5.42. The number of rotatable bonds is 5. The molecule has 0 unspecified atom stereocenters. The molecule has 8 heteroatoms. The highest BCUT2D eigenvalue weighted by atomic mass is 32.2. The van der Waals surface area contributed by atoms with Crippen LogP contribution in [0.2, 0.25) is 0 Å². The van der Waals surface area contributed by atoms with Gasteiger partial charge in [-0.05, 0) is 25.5 Å². The van der Waals surface area contributed by atoms with Gasteiger partial charge in [-0.1, -0.05) is 36.9 Å². The van der Waals surface area contributed by atoms with Gasteiger partial charge >= 0.3 is 6.03 Å². The van der Waals surface area contributed by atoms with Crippen molar-refractivity contribution in [2.24, 2.45) is 5.92 Å². The number of amides is 3. The first-order valence-electron chi connectivity index (χ1n) is 6.36. The van der Waals surface area contributed by atoms with Crippen molar-refractivity contribution in [3.8, 4) is 0 Å². The van der Waals surface area contributed by atoms with E-state index in [2.05, 4.69) is 15.5 Å². The summed E-state index contributed by atoms with van der Waals surface area (Å²) in [7, 11) is 0. The molecular formula is C12H18N4O2S2. The summed E-state index contributed by atoms with van der Waals surface area (Å²) in [5.74, 6) is 0.144. The van der Waals surface area contributed by atoms with Crippen LogP contribution in [-0.4, -0.2) is 38.8 Å². The van der Waals surface area contributed by atoms with Crippen LogP contribution in [-0.2, 0) is 11.3 Å². The van der Waals surface area contributed by atoms with Crippen LogP contribution >= 0.6 is 23.1 Å². The van der Waals surface area contributed by atoms with Crippen LogP contribution in [0.4, 0.5) is 4.79 Å². The zero-order valence-electron chi connectivity index (χ0n) is 12.0. The van der Waals surface area contributed by atoms with Crippen molar-refractivity contribution < 1.29 is 9.59 Å². The monoisotopic (exact) mass is 314 g/mol. The molecule has 1 atom stereocenters. The highest BCUT2D eigenvalue weighted by Crippen LogP contribution is 2.27. The number of aromatic nitrogens is 2. The number of nitrogens with zero attached hydrogens (tertiary/aromatic N) is 3. The first-order chi connectivity index (χ1) is 9.35. The smallest absolute Gasteiger partial charge is 0.323 e. The van der Waals surface area contributed by atoms with E-state index in [9.17, 15) is 9.59 Å². The molecule has 1 fully saturated rings. The summed E-state index contributed by atoms with van der Waals surface area (Å²) in [4.78, 5) is 25.7. The van der Waals surface area contributed by atoms with Crippen LogP contribution in [0.1, 0.15) is 32.2 Å². The molecule has 0 radical (unpaired) electrons. The summed E-state index contributed by atoms with van der Waals surface area (Å²) in [6, 6.07) is -0.348. The van der Waals surface area contributed by atoms with Crippen molar-refractivity contribution in [2.75, 3.05) is 6.26 Å². The molecule has 0 bridgehead atoms. The average Bonchev–Trinajstić information content (AvgIpc) is 2.88. The Hall–Kier alpha value is -1.15. The molecule has 1 aliphatic rings. The third-order valence-electron chi connectivity index (χ3n) is 3.08. The fourth-order valence-electron chi connectivity index (χ4n) is 2.37. The standard InChI is InChI=1S/C12H18N4O2S2/c1-7(2)5-12(3)9(17)16(10(18)13-12)6-8-14-15-11(19-4)20-8/h7H,5-6H2,1-4H3,(H,13,18)/t12-/m1/s1. The van der Waals surface area contributed by atoms with E-state index >= 15 is 0 Å². The Labute approximate surface area is 126 Å². The van der Waals surface area contributed by atoms with E-state index in [-0.39, 0.29) is 18.5 Å². The van der Waals surface area contributed by atoms with Gasteiger partial charge in [0.05, 0.1) is 6.54 Å². The first-order valence-corrected chi connectivity index (χ1v) is 8.40. The Morgan fingerprint density at radius 1 is 1.40 bits per heavy atom. The lowest BCUT2D eigenvalue weighted by atomic mass is 9.91. The number of urea groups is 1. The van der Waals surface area contributed by atoms with Gasteiger partial charge in [0.1, 0.15) is 10.5 Å². The number of thioether (sulfide) groups is 1. The Balaban J connectivity index is 2.12. The van der Waals surface area contributed by atoms with Crippen LogP contribution in [0.15, 0.2) is 4.34 Å². The van der Waals surface area contributed by atoms with Crippen LogP contribution in [0, 0.1) is 5.92 Å². The second kappa shape index (κ2) is 5.69. The zero-order chi connectivity index (χ0) is 14.9. The summed E-state index contributed by atoms with van der Waals surface area (Å²) < 4.78 is 0.831. The third-order valence-corrected chi connectivity index (χ3v) is 4.96. The van der Waals surface area contributed by atoms with Crippen molar-refractivity contribution >= 4 is 35.0 Å². The molecule has 1 N–H and O–H groups in total. The van der Waals surface area contributed by atoms with E-state index in [1.54, 1.807) is 6.92 Å². The SMILES string of the molecule is CSc1nnc(CN2C(=O)N[C@](C)(CC(C)C)C2=O)s1. The average molecular weight is 314 g/mol. The van der Waals surface area contributed by atoms with Crippen LogP contribution in [0.25, 0.3) is 0 Å². The minimum atomic E-state index is -0.807. The largest absolute Gasteiger partial charge is 0.325 e. The predicted octanol–water partition coefficient (Wildman–Crippen LogP) is 2.12. The lowest BCUT2D eigenvalue weighted by Crippen LogP contribution is -2.44. The van der Waals surface area contributed by atoms with Gasteiger partial charge in [0, 0.05) is 0 Å². The van der Waals surface area contributed by atoms with Gasteiger partial charge in [0.15, 0.2) is 4.34 Å². The maximum absolute atomic E-state index is 12.4. The van der Waals surface area contributed by atoms with Crippen molar-refractivity contribution in [3.05, 3.63) is 5.01 Å². The normalized spacial score (nSPS) is 22.8. The minimum Gasteiger partial charge on any atom is -0.323 e. The third kappa shape index (κ3) is 2.95. The van der Waals surface area contributed by atoms with E-state index in [1.807, 2.05) is 20.1 Å². The molecule has 1 saturated heterocycles. The lowest BCUT2D eigenvalue weighted by Gasteiger charge is -2.23. The Bertz CT molecular complexity index is 531. The van der Waals surface area contributed by atoms with Crippen LogP contribution in [0.3, 0.4) is 0 Å². The fourth-order valence-corrected chi connectivity index (χ4v) is 3.67. The van der Waals surface area contributed by atoms with E-state index in [0.29, 0.717) is 17.3 Å². The van der Waals surface area contributed by atoms with Gasteiger partial charge < -0.3 is 5.32 Å². The highest BCUT2D eigenvalue weighted by molar-refractivity contribution is 8.00. The molecule has 1 aliphatic heterocycles. The molecular weight excluding hydrogens is 296 g/mol. The van der Waals surface area contributed by atoms with Gasteiger partial charge in [0.2, 0.25) is 0 Å². The Morgan fingerprint density at radius 2 is 2.10 bits per heavy atom. The zero-order valence-corrected chi connectivity index (χ0v) is 13.6. The molecule has 1 aromatic rings. The van der Waals surface area contributed by atoms with E-state index < -0.39 is 5.54 Å². The molecule has 0 saturated carbocycles. The first kappa shape index (κ1) is 15.2. The molecule has 0 spiro atoms. The number of carbonyl (C=O) groups is 2. The summed E-state index contributed by atoms with van der Waals surface area (Å²) in [5.41, 5.74) is -0.807. The summed E-state index contributed by atoms with van der Waals surface area (Å²) >= 11 is 2.90. The number of imide groups is 1. The van der Waals surface area contributed by atoms with Crippen molar-refractivity contribution in [3.63, 3.8) is 0 Å². The lowest BCUT2D eigenvalue weighted by molar-refractivity contribution is -0.131. The molecule has 0 aromatic carbocycles. The topological polar surface area (TPSA) is 75.2 Å². The fraction of sp³-hybridized carbons (Fsp3) is 0.667. The van der Waals surface area contributed by atoms with Gasteiger partial charge in [-0.15, -0.1) is 10.2 Å². The molecule has 2 heterocycles. The van der Waals surface area contributed by atoms with Crippen molar-refractivity contribution in [1.82, 2.24) is 20.4 Å². The Morgan fingerprint density at radius 3 is 2.65 bits per heavy atom. The van der Waals surface area contributed by atoms with E-state index in [4.69, 9.17) is 0 Å². The quantitative estimate of drug-likeness (QED) is 0.665. The molecule has 0 aliphatic carbocycles. The Kier molecular flexibility index (Phi) is 4.33. The summed E-state index contributed by atoms with van der Waals surface area (Å²) in [6.45, 7) is 6.03. The number of hydrogen-bond donors (Lipinski definition) is 1. The molecule has 3 amide bonds. The molecule has 6 nitrogen and oxygen atoms in total. The minimum absolute atomic E-state index is 0.183. The van der Waals surface area contributed by atoms with Crippen LogP contribution in [0.5, 0.6) is 0 Å². The number of carbonyl (C=O) groups excluding carboxylic acids is 2. The van der Waals surface area contributed by atoms with Crippen molar-refractivity contribution in [2.45, 2.75) is 43.6 Å². The maximum atomic E-state index is 12.4. The van der Waals surface area contributed by atoms with E-state index in [1.165, 1.54) is 28.0 Å². The molecule has 20 heavy (non-hydrogen) atoms. The highest BCUT2D eigenvalue weighted by Gasteiger charge is 2.47. The summed E-state index contributed by atoms with van der Waals surface area (Å²) in [5, 5.41) is 11.4. The van der Waals surface area contributed by atoms with Gasteiger partial charge in [-0.25, -0.2) is 4.79 Å². The predicted molar refractivity (Wildman–Crippen MR) is 78.6 cm³/mol. The van der Waals surface area contributed by atoms with Gasteiger partial charge in [0.25, 0.3) is 5.91 Å². The van der Waals surface area contributed by atoms with Gasteiger partial charge in [-0.3, -0.25) is 9.69 Å². The van der Waals surface area contributed by atoms with E-state index in [0.717, 1.165) is 4.34 Å². The summed E-state index contributed by atoms with van der Waals surface area (Å²) in [6.07, 6.45) is 2.54. The maximum Gasteiger partial charge on any atom is 0.325 e. The van der Waals surface area contributed by atoms with Crippen molar-refractivity contribution in [1.29, 1.82) is 0 Å².